The van der Waals surface area contributed by atoms with E-state index in [0.29, 0.717) is 24.4 Å². The zero-order chi connectivity index (χ0) is 16.8. The van der Waals surface area contributed by atoms with E-state index in [1.807, 2.05) is 30.3 Å². The average Bonchev–Trinajstić information content (AvgIpc) is 3.28. The van der Waals surface area contributed by atoms with Gasteiger partial charge in [-0.25, -0.2) is 9.98 Å². The number of nitrogens with zero attached hydrogens (tertiary/aromatic N) is 3. The van der Waals surface area contributed by atoms with Crippen LogP contribution in [0.3, 0.4) is 0 Å². The standard InChI is InChI=1S/C18H25N5O/c1-2-23-10-6-9-15(23)11-21-18(19)22-13-17-20-12-16(24-17)14-7-4-3-5-8-14/h3-5,7-8,12,15H,2,6,9-11,13H2,1H3,(H3,19,21,22). The summed E-state index contributed by atoms with van der Waals surface area (Å²) >= 11 is 0. The number of oxazole rings is 1. The summed E-state index contributed by atoms with van der Waals surface area (Å²) in [5, 5.41) is 3.21. The molecule has 3 rings (SSSR count). The molecule has 0 amide bonds. The Morgan fingerprint density at radius 3 is 3.04 bits per heavy atom. The predicted octanol–water partition coefficient (Wildman–Crippen LogP) is 2.23. The van der Waals surface area contributed by atoms with E-state index < -0.39 is 0 Å². The van der Waals surface area contributed by atoms with E-state index in [1.54, 1.807) is 6.20 Å². The Hall–Kier alpha value is -2.34. The van der Waals surface area contributed by atoms with E-state index in [-0.39, 0.29) is 0 Å². The van der Waals surface area contributed by atoms with E-state index in [0.717, 1.165) is 24.4 Å². The van der Waals surface area contributed by atoms with Crippen LogP contribution in [0.4, 0.5) is 0 Å². The Kier molecular flexibility index (Phi) is 5.48. The topological polar surface area (TPSA) is 79.7 Å². The number of aliphatic imine (C=N–C) groups is 1. The Balaban J connectivity index is 1.51. The van der Waals surface area contributed by atoms with Crippen LogP contribution in [0.1, 0.15) is 25.7 Å². The van der Waals surface area contributed by atoms with Crippen LogP contribution in [0.25, 0.3) is 11.3 Å². The van der Waals surface area contributed by atoms with Gasteiger partial charge in [-0.15, -0.1) is 0 Å². The molecule has 128 valence electrons. The molecule has 1 aliphatic rings. The maximum atomic E-state index is 5.96. The van der Waals surface area contributed by atoms with Crippen LogP contribution in [0.2, 0.25) is 0 Å². The first-order chi connectivity index (χ1) is 11.8. The van der Waals surface area contributed by atoms with Crippen molar-refractivity contribution in [3.05, 3.63) is 42.4 Å². The lowest BCUT2D eigenvalue weighted by molar-refractivity contribution is 0.267. The lowest BCUT2D eigenvalue weighted by atomic mass is 10.2. The average molecular weight is 327 g/mol. The normalized spacial score (nSPS) is 18.9. The summed E-state index contributed by atoms with van der Waals surface area (Å²) in [7, 11) is 0. The van der Waals surface area contributed by atoms with Crippen LogP contribution in [0.5, 0.6) is 0 Å². The zero-order valence-electron chi connectivity index (χ0n) is 14.1. The van der Waals surface area contributed by atoms with Crippen LogP contribution < -0.4 is 11.1 Å². The molecule has 1 atom stereocenters. The SMILES string of the molecule is CCN1CCCC1CNC(N)=NCc1ncc(-c2ccccc2)o1. The molecule has 1 unspecified atom stereocenters. The molecule has 0 aliphatic carbocycles. The zero-order valence-corrected chi connectivity index (χ0v) is 14.1. The van der Waals surface area contributed by atoms with Crippen LogP contribution in [-0.2, 0) is 6.54 Å². The van der Waals surface area contributed by atoms with E-state index in [9.17, 15) is 0 Å². The highest BCUT2D eigenvalue weighted by Crippen LogP contribution is 2.20. The molecule has 0 saturated carbocycles. The van der Waals surface area contributed by atoms with E-state index in [1.165, 1.54) is 19.4 Å². The highest BCUT2D eigenvalue weighted by Gasteiger charge is 2.22. The molecule has 2 heterocycles. The summed E-state index contributed by atoms with van der Waals surface area (Å²) in [4.78, 5) is 11.1. The van der Waals surface area contributed by atoms with Gasteiger partial charge in [0.05, 0.1) is 6.20 Å². The van der Waals surface area contributed by atoms with Gasteiger partial charge in [0.15, 0.2) is 11.7 Å². The second-order valence-corrected chi connectivity index (χ2v) is 5.99. The molecular formula is C18H25N5O. The number of guanidine groups is 1. The quantitative estimate of drug-likeness (QED) is 0.628. The number of likely N-dealkylation sites (tertiary alicyclic amines) is 1. The van der Waals surface area contributed by atoms with Crippen molar-refractivity contribution in [1.29, 1.82) is 0 Å². The maximum Gasteiger partial charge on any atom is 0.216 e. The van der Waals surface area contributed by atoms with Crippen molar-refractivity contribution in [1.82, 2.24) is 15.2 Å². The van der Waals surface area contributed by atoms with Gasteiger partial charge in [-0.3, -0.25) is 4.90 Å². The molecule has 1 fully saturated rings. The predicted molar refractivity (Wildman–Crippen MR) is 95.5 cm³/mol. The highest BCUT2D eigenvalue weighted by atomic mass is 16.4. The van der Waals surface area contributed by atoms with Crippen molar-refractivity contribution in [2.45, 2.75) is 32.4 Å². The molecule has 1 saturated heterocycles. The molecule has 1 aromatic carbocycles. The van der Waals surface area contributed by atoms with Crippen LogP contribution in [-0.4, -0.2) is 41.5 Å². The van der Waals surface area contributed by atoms with Gasteiger partial charge in [-0.1, -0.05) is 37.3 Å². The Bertz CT molecular complexity index is 667. The third-order valence-corrected chi connectivity index (χ3v) is 4.42. The number of nitrogens with two attached hydrogens (primary N) is 1. The first kappa shape index (κ1) is 16.5. The van der Waals surface area contributed by atoms with E-state index in [4.69, 9.17) is 10.2 Å². The minimum Gasteiger partial charge on any atom is -0.439 e. The van der Waals surface area contributed by atoms with Crippen molar-refractivity contribution in [3.8, 4) is 11.3 Å². The van der Waals surface area contributed by atoms with Crippen LogP contribution >= 0.6 is 0 Å². The minimum absolute atomic E-state index is 0.341. The molecule has 6 nitrogen and oxygen atoms in total. The number of rotatable bonds is 6. The lowest BCUT2D eigenvalue weighted by Crippen LogP contribution is -2.42. The van der Waals surface area contributed by atoms with Crippen molar-refractivity contribution in [2.24, 2.45) is 10.7 Å². The fourth-order valence-electron chi connectivity index (χ4n) is 3.09. The first-order valence-electron chi connectivity index (χ1n) is 8.54. The number of nitrogens with one attached hydrogen (secondary N) is 1. The summed E-state index contributed by atoms with van der Waals surface area (Å²) in [5.74, 6) is 1.75. The Morgan fingerprint density at radius 1 is 1.42 bits per heavy atom. The van der Waals surface area contributed by atoms with Gasteiger partial charge in [0.2, 0.25) is 5.89 Å². The number of hydrogen-bond donors (Lipinski definition) is 2. The fourth-order valence-corrected chi connectivity index (χ4v) is 3.09. The van der Waals surface area contributed by atoms with Gasteiger partial charge in [-0.05, 0) is 25.9 Å². The Labute approximate surface area is 142 Å². The molecule has 24 heavy (non-hydrogen) atoms. The third-order valence-electron chi connectivity index (χ3n) is 4.42. The van der Waals surface area contributed by atoms with Crippen LogP contribution in [0, 0.1) is 0 Å². The summed E-state index contributed by atoms with van der Waals surface area (Å²) in [6, 6.07) is 10.5. The first-order valence-corrected chi connectivity index (χ1v) is 8.54. The van der Waals surface area contributed by atoms with Crippen molar-refractivity contribution in [3.63, 3.8) is 0 Å². The highest BCUT2D eigenvalue weighted by molar-refractivity contribution is 5.77. The number of aromatic nitrogens is 1. The number of hydrogen-bond acceptors (Lipinski definition) is 4. The molecule has 1 aromatic heterocycles. The molecule has 3 N–H and O–H groups in total. The van der Waals surface area contributed by atoms with Gasteiger partial charge in [0, 0.05) is 18.2 Å². The number of benzene rings is 1. The second-order valence-electron chi connectivity index (χ2n) is 5.99. The minimum atomic E-state index is 0.341. The smallest absolute Gasteiger partial charge is 0.216 e. The third kappa shape index (κ3) is 4.14. The summed E-state index contributed by atoms with van der Waals surface area (Å²) in [5.41, 5.74) is 6.96. The van der Waals surface area contributed by atoms with Crippen molar-refractivity contribution >= 4 is 5.96 Å². The fraction of sp³-hybridized carbons (Fsp3) is 0.444. The van der Waals surface area contributed by atoms with Crippen molar-refractivity contribution in [2.75, 3.05) is 19.6 Å². The largest absolute Gasteiger partial charge is 0.439 e. The molecule has 0 radical (unpaired) electrons. The van der Waals surface area contributed by atoms with Crippen LogP contribution in [0.15, 0.2) is 45.9 Å². The van der Waals surface area contributed by atoms with E-state index >= 15 is 0 Å². The molecule has 2 aromatic rings. The number of likely N-dealkylation sites (N-methyl/N-ethyl adjacent to an activating group) is 1. The molecule has 0 spiro atoms. The molecule has 6 heteroatoms. The molecular weight excluding hydrogens is 302 g/mol. The van der Waals surface area contributed by atoms with Gasteiger partial charge >= 0.3 is 0 Å². The Morgan fingerprint density at radius 2 is 2.25 bits per heavy atom. The van der Waals surface area contributed by atoms with E-state index in [2.05, 4.69) is 27.1 Å². The second kappa shape index (κ2) is 7.97. The summed E-state index contributed by atoms with van der Waals surface area (Å²) in [6.45, 7) is 5.64. The van der Waals surface area contributed by atoms with Gasteiger partial charge in [-0.2, -0.15) is 0 Å². The van der Waals surface area contributed by atoms with Crippen molar-refractivity contribution < 1.29 is 4.42 Å². The molecule has 1 aliphatic heterocycles. The van der Waals surface area contributed by atoms with Gasteiger partial charge in [0.1, 0.15) is 6.54 Å². The monoisotopic (exact) mass is 327 g/mol. The lowest BCUT2D eigenvalue weighted by Gasteiger charge is -2.23. The van der Waals surface area contributed by atoms with Gasteiger partial charge < -0.3 is 15.5 Å². The summed E-state index contributed by atoms with van der Waals surface area (Å²) < 4.78 is 5.72. The van der Waals surface area contributed by atoms with Gasteiger partial charge in [0.25, 0.3) is 0 Å². The molecule has 0 bridgehead atoms. The summed E-state index contributed by atoms with van der Waals surface area (Å²) in [6.07, 6.45) is 4.20. The maximum absolute atomic E-state index is 5.96.